The van der Waals surface area contributed by atoms with Crippen LogP contribution in [0.15, 0.2) is 28.5 Å². The largest absolute Gasteiger partial charge is 0.504 e. The molecule has 0 radical (unpaired) electrons. The number of carbonyl (C=O) groups is 1. The number of aromatic nitrogens is 2. The molecule has 7 nitrogen and oxygen atoms in total. The number of phenolic OH excluding ortho intramolecular Hbond substituents is 1. The molecule has 1 heterocycles. The Hall–Kier alpha value is -2.18. The minimum absolute atomic E-state index is 0.0224. The normalized spacial score (nSPS) is 11.4. The SMILES string of the molecule is C/C(=C\c1cc(OCCc2cnc(N)nc2)c(O)c(P)c1Br)C(=O)N(C)C. The lowest BCUT2D eigenvalue weighted by Gasteiger charge is -2.14. The highest BCUT2D eigenvalue weighted by Gasteiger charge is 2.15. The third-order valence-corrected chi connectivity index (χ3v) is 5.62. The van der Waals surface area contributed by atoms with Gasteiger partial charge in [0.15, 0.2) is 11.5 Å². The van der Waals surface area contributed by atoms with E-state index in [1.807, 2.05) is 0 Å². The lowest BCUT2D eigenvalue weighted by Crippen LogP contribution is -2.22. The van der Waals surface area contributed by atoms with E-state index in [1.165, 1.54) is 4.90 Å². The van der Waals surface area contributed by atoms with Crippen LogP contribution in [0.25, 0.3) is 6.08 Å². The van der Waals surface area contributed by atoms with E-state index in [4.69, 9.17) is 10.5 Å². The summed E-state index contributed by atoms with van der Waals surface area (Å²) in [5.74, 6) is 0.480. The summed E-state index contributed by atoms with van der Waals surface area (Å²) in [6, 6.07) is 1.69. The van der Waals surface area contributed by atoms with Crippen LogP contribution < -0.4 is 15.8 Å². The average molecular weight is 453 g/mol. The molecule has 1 atom stereocenters. The number of nitrogens with two attached hydrogens (primary N) is 1. The summed E-state index contributed by atoms with van der Waals surface area (Å²) in [6.07, 6.45) is 5.59. The molecular formula is C18H22BrN4O3P. The number of phenols is 1. The molecule has 1 aromatic heterocycles. The Bertz CT molecular complexity index is 870. The van der Waals surface area contributed by atoms with Crippen LogP contribution in [0.3, 0.4) is 0 Å². The number of benzene rings is 1. The van der Waals surface area contributed by atoms with Crippen molar-refractivity contribution >= 4 is 48.4 Å². The van der Waals surface area contributed by atoms with E-state index >= 15 is 0 Å². The number of rotatable bonds is 6. The smallest absolute Gasteiger partial charge is 0.248 e. The molecule has 1 amide bonds. The first-order chi connectivity index (χ1) is 12.7. The molecule has 0 aliphatic heterocycles. The third-order valence-electron chi connectivity index (χ3n) is 3.75. The van der Waals surface area contributed by atoms with E-state index in [0.717, 1.165) is 11.1 Å². The Morgan fingerprint density at radius 2 is 2.04 bits per heavy atom. The minimum Gasteiger partial charge on any atom is -0.504 e. The highest BCUT2D eigenvalue weighted by Crippen LogP contribution is 2.34. The van der Waals surface area contributed by atoms with Crippen LogP contribution in [0.1, 0.15) is 18.1 Å². The van der Waals surface area contributed by atoms with E-state index in [-0.39, 0.29) is 17.6 Å². The van der Waals surface area contributed by atoms with Crippen LogP contribution in [-0.2, 0) is 11.2 Å². The lowest BCUT2D eigenvalue weighted by molar-refractivity contribution is -0.124. The number of ether oxygens (including phenoxy) is 1. The number of halogens is 1. The quantitative estimate of drug-likeness (QED) is 0.514. The summed E-state index contributed by atoms with van der Waals surface area (Å²) in [4.78, 5) is 21.5. The lowest BCUT2D eigenvalue weighted by atomic mass is 10.1. The monoisotopic (exact) mass is 452 g/mol. The number of aromatic hydroxyl groups is 1. The van der Waals surface area contributed by atoms with E-state index < -0.39 is 0 Å². The molecule has 3 N–H and O–H groups in total. The molecule has 9 heteroatoms. The van der Waals surface area contributed by atoms with Crippen LogP contribution in [-0.4, -0.2) is 46.6 Å². The molecule has 0 spiro atoms. The van der Waals surface area contributed by atoms with Gasteiger partial charge < -0.3 is 20.5 Å². The molecule has 0 fully saturated rings. The molecule has 0 saturated carbocycles. The summed E-state index contributed by atoms with van der Waals surface area (Å²) in [5.41, 5.74) is 7.64. The Labute approximate surface area is 169 Å². The van der Waals surface area contributed by atoms with Gasteiger partial charge in [0.1, 0.15) is 0 Å². The van der Waals surface area contributed by atoms with Crippen molar-refractivity contribution in [3.05, 3.63) is 39.6 Å². The van der Waals surface area contributed by atoms with Gasteiger partial charge in [0, 0.05) is 48.3 Å². The molecule has 144 valence electrons. The summed E-state index contributed by atoms with van der Waals surface area (Å²) >= 11 is 3.46. The Morgan fingerprint density at radius 3 is 2.63 bits per heavy atom. The van der Waals surface area contributed by atoms with Crippen LogP contribution in [0.5, 0.6) is 11.5 Å². The number of amides is 1. The van der Waals surface area contributed by atoms with E-state index in [9.17, 15) is 9.90 Å². The van der Waals surface area contributed by atoms with Crippen molar-refractivity contribution in [2.75, 3.05) is 26.4 Å². The predicted octanol–water partition coefficient (Wildman–Crippen LogP) is 2.14. The van der Waals surface area contributed by atoms with Crippen molar-refractivity contribution < 1.29 is 14.6 Å². The summed E-state index contributed by atoms with van der Waals surface area (Å²) in [7, 11) is 5.87. The highest BCUT2D eigenvalue weighted by molar-refractivity contribution is 9.10. The zero-order valence-electron chi connectivity index (χ0n) is 15.4. The highest BCUT2D eigenvalue weighted by atomic mass is 79.9. The first-order valence-electron chi connectivity index (χ1n) is 8.10. The Morgan fingerprint density at radius 1 is 1.41 bits per heavy atom. The Kier molecular flexibility index (Phi) is 7.16. The number of nitrogen functional groups attached to an aromatic ring is 1. The molecular weight excluding hydrogens is 431 g/mol. The van der Waals surface area contributed by atoms with Crippen molar-refractivity contribution in [2.45, 2.75) is 13.3 Å². The fourth-order valence-electron chi connectivity index (χ4n) is 2.30. The number of carbonyl (C=O) groups excluding carboxylic acids is 1. The zero-order valence-corrected chi connectivity index (χ0v) is 18.1. The fraction of sp³-hybridized carbons (Fsp3) is 0.278. The van der Waals surface area contributed by atoms with Gasteiger partial charge in [0.2, 0.25) is 11.9 Å². The molecule has 2 rings (SSSR count). The summed E-state index contributed by atoms with van der Waals surface area (Å²) < 4.78 is 6.42. The fourth-order valence-corrected chi connectivity index (χ4v) is 3.03. The van der Waals surface area contributed by atoms with Crippen LogP contribution >= 0.6 is 25.2 Å². The van der Waals surface area contributed by atoms with Gasteiger partial charge >= 0.3 is 0 Å². The molecule has 0 aliphatic rings. The minimum atomic E-state index is -0.0916. The Balaban J connectivity index is 2.21. The van der Waals surface area contributed by atoms with Gasteiger partial charge in [-0.15, -0.1) is 9.24 Å². The van der Waals surface area contributed by atoms with E-state index in [2.05, 4.69) is 35.1 Å². The van der Waals surface area contributed by atoms with Crippen LogP contribution in [0.2, 0.25) is 0 Å². The maximum atomic E-state index is 12.1. The number of hydrogen-bond acceptors (Lipinski definition) is 6. The first-order valence-corrected chi connectivity index (χ1v) is 9.47. The van der Waals surface area contributed by atoms with Crippen LogP contribution in [0, 0.1) is 0 Å². The average Bonchev–Trinajstić information content (AvgIpc) is 2.64. The second-order valence-electron chi connectivity index (χ2n) is 6.12. The number of likely N-dealkylation sites (N-methyl/N-ethyl adjacent to an activating group) is 1. The molecule has 2 aromatic rings. The van der Waals surface area contributed by atoms with Gasteiger partial charge in [0.25, 0.3) is 0 Å². The topological polar surface area (TPSA) is 102 Å². The molecule has 0 bridgehead atoms. The van der Waals surface area contributed by atoms with Crippen molar-refractivity contribution in [3.63, 3.8) is 0 Å². The van der Waals surface area contributed by atoms with Crippen molar-refractivity contribution in [3.8, 4) is 11.5 Å². The van der Waals surface area contributed by atoms with Gasteiger partial charge in [-0.25, -0.2) is 9.97 Å². The molecule has 1 aromatic carbocycles. The van der Waals surface area contributed by atoms with Crippen LogP contribution in [0.4, 0.5) is 5.95 Å². The molecule has 0 saturated heterocycles. The van der Waals surface area contributed by atoms with Gasteiger partial charge in [-0.1, -0.05) is 0 Å². The molecule has 1 unspecified atom stereocenters. The standard InChI is InChI=1S/C18H22BrN4O3P/c1-10(17(25)23(2)3)6-12-7-13(15(24)16(27)14(12)19)26-5-4-11-8-21-18(20)22-9-11/h6-9,24H,4-5,27H2,1-3H3,(H2,20,21,22)/b10-6+. The van der Waals surface area contributed by atoms with Gasteiger partial charge in [-0.2, -0.15) is 0 Å². The number of anilines is 1. The van der Waals surface area contributed by atoms with Crippen molar-refractivity contribution in [2.24, 2.45) is 0 Å². The first kappa shape index (κ1) is 21.1. The third kappa shape index (κ3) is 5.40. The van der Waals surface area contributed by atoms with Crippen molar-refractivity contribution in [1.29, 1.82) is 0 Å². The second kappa shape index (κ2) is 9.15. The van der Waals surface area contributed by atoms with E-state index in [0.29, 0.717) is 34.1 Å². The van der Waals surface area contributed by atoms with Gasteiger partial charge in [-0.05, 0) is 46.1 Å². The predicted molar refractivity (Wildman–Crippen MR) is 113 cm³/mol. The summed E-state index contributed by atoms with van der Waals surface area (Å²) in [5, 5.41) is 10.9. The maximum Gasteiger partial charge on any atom is 0.248 e. The zero-order chi connectivity index (χ0) is 20.1. The maximum absolute atomic E-state index is 12.1. The molecule has 0 aliphatic carbocycles. The number of hydrogen-bond donors (Lipinski definition) is 2. The van der Waals surface area contributed by atoms with Crippen molar-refractivity contribution in [1.82, 2.24) is 14.9 Å². The summed E-state index contributed by atoms with van der Waals surface area (Å²) in [6.45, 7) is 2.07. The number of nitrogens with zero attached hydrogens (tertiary/aromatic N) is 3. The van der Waals surface area contributed by atoms with E-state index in [1.54, 1.807) is 45.6 Å². The molecule has 27 heavy (non-hydrogen) atoms. The second-order valence-corrected chi connectivity index (χ2v) is 7.49. The van der Waals surface area contributed by atoms with Gasteiger partial charge in [-0.3, -0.25) is 4.79 Å². The van der Waals surface area contributed by atoms with Gasteiger partial charge in [0.05, 0.1) is 6.61 Å².